The Morgan fingerprint density at radius 3 is 2.68 bits per heavy atom. The lowest BCUT2D eigenvalue weighted by Gasteiger charge is -2.14. The van der Waals surface area contributed by atoms with Crippen molar-refractivity contribution in [3.05, 3.63) is 51.6 Å². The average Bonchev–Trinajstić information content (AvgIpc) is 2.99. The summed E-state index contributed by atoms with van der Waals surface area (Å²) in [6, 6.07) is 2.76. The van der Waals surface area contributed by atoms with Gasteiger partial charge in [0, 0.05) is 24.3 Å². The first-order valence-electron chi connectivity index (χ1n) is 7.42. The lowest BCUT2D eigenvalue weighted by Crippen LogP contribution is -2.21. The van der Waals surface area contributed by atoms with E-state index in [9.17, 15) is 22.4 Å². The Kier molecular flexibility index (Phi) is 4.28. The van der Waals surface area contributed by atoms with E-state index in [4.69, 9.17) is 17.3 Å². The van der Waals surface area contributed by atoms with Crippen LogP contribution in [0, 0.1) is 5.82 Å². The fourth-order valence-corrected chi connectivity index (χ4v) is 3.44. The van der Waals surface area contributed by atoms with Crippen molar-refractivity contribution in [2.75, 3.05) is 5.32 Å². The van der Waals surface area contributed by atoms with Crippen LogP contribution in [0.15, 0.2) is 18.2 Å². The van der Waals surface area contributed by atoms with Crippen molar-refractivity contribution in [3.63, 3.8) is 0 Å². The molecule has 1 heterocycles. The summed E-state index contributed by atoms with van der Waals surface area (Å²) < 4.78 is 54.2. The van der Waals surface area contributed by atoms with Crippen LogP contribution < -0.4 is 11.1 Å². The van der Waals surface area contributed by atoms with Gasteiger partial charge in [0.1, 0.15) is 17.2 Å². The Morgan fingerprint density at radius 1 is 1.40 bits per heavy atom. The van der Waals surface area contributed by atoms with E-state index in [1.165, 1.54) is 19.2 Å². The number of alkyl halides is 3. The maximum absolute atomic E-state index is 13.4. The SMILES string of the molecule is Cn1c(C(=O)Nc2ccc(F)c(Cl)c2)c2c(c1C(F)(F)F)C(N)CC2. The highest BCUT2D eigenvalue weighted by Crippen LogP contribution is 2.43. The average molecular weight is 376 g/mol. The van der Waals surface area contributed by atoms with Gasteiger partial charge in [0.15, 0.2) is 0 Å². The molecule has 0 bridgehead atoms. The minimum Gasteiger partial charge on any atom is -0.336 e. The lowest BCUT2D eigenvalue weighted by atomic mass is 10.1. The van der Waals surface area contributed by atoms with Gasteiger partial charge in [0.05, 0.1) is 5.02 Å². The first kappa shape index (κ1) is 17.8. The number of hydrogen-bond acceptors (Lipinski definition) is 2. The highest BCUT2D eigenvalue weighted by molar-refractivity contribution is 6.31. The second kappa shape index (κ2) is 6.03. The molecule has 0 saturated carbocycles. The molecule has 0 spiro atoms. The predicted molar refractivity (Wildman–Crippen MR) is 85.0 cm³/mol. The van der Waals surface area contributed by atoms with Crippen LogP contribution in [0.1, 0.15) is 39.8 Å². The molecule has 0 radical (unpaired) electrons. The molecule has 1 atom stereocenters. The highest BCUT2D eigenvalue weighted by atomic mass is 35.5. The van der Waals surface area contributed by atoms with E-state index >= 15 is 0 Å². The Balaban J connectivity index is 2.04. The van der Waals surface area contributed by atoms with Crippen molar-refractivity contribution in [2.24, 2.45) is 12.8 Å². The molecule has 3 rings (SSSR count). The number of rotatable bonds is 2. The largest absolute Gasteiger partial charge is 0.431 e. The van der Waals surface area contributed by atoms with E-state index in [1.54, 1.807) is 0 Å². The van der Waals surface area contributed by atoms with Crippen LogP contribution in [-0.4, -0.2) is 10.5 Å². The van der Waals surface area contributed by atoms with Crippen LogP contribution in [0.3, 0.4) is 0 Å². The number of aromatic nitrogens is 1. The molecule has 0 aliphatic heterocycles. The van der Waals surface area contributed by atoms with Crippen molar-refractivity contribution in [3.8, 4) is 0 Å². The van der Waals surface area contributed by atoms with Crippen LogP contribution in [0.25, 0.3) is 0 Å². The number of anilines is 1. The molecule has 0 fully saturated rings. The van der Waals surface area contributed by atoms with Gasteiger partial charge in [-0.25, -0.2) is 4.39 Å². The molecule has 3 N–H and O–H groups in total. The zero-order valence-corrected chi connectivity index (χ0v) is 13.8. The standard InChI is InChI=1S/C16H14ClF4N3O/c1-24-13(15(25)23-7-2-4-10(18)9(17)6-7)8-3-5-11(22)12(8)14(24)16(19,20)21/h2,4,6,11H,3,5,22H2,1H3,(H,23,25). The highest BCUT2D eigenvalue weighted by Gasteiger charge is 2.44. The molecule has 1 aromatic carbocycles. The zero-order valence-electron chi connectivity index (χ0n) is 13.0. The summed E-state index contributed by atoms with van der Waals surface area (Å²) in [5, 5.41) is 2.26. The third-order valence-corrected chi connectivity index (χ3v) is 4.56. The topological polar surface area (TPSA) is 60.0 Å². The van der Waals surface area contributed by atoms with Crippen LogP contribution >= 0.6 is 11.6 Å². The van der Waals surface area contributed by atoms with Gasteiger partial charge in [-0.2, -0.15) is 13.2 Å². The second-order valence-electron chi connectivity index (χ2n) is 5.87. The van der Waals surface area contributed by atoms with E-state index in [-0.39, 0.29) is 28.4 Å². The van der Waals surface area contributed by atoms with Gasteiger partial charge < -0.3 is 15.6 Å². The quantitative estimate of drug-likeness (QED) is 0.778. The molecule has 2 aromatic rings. The smallest absolute Gasteiger partial charge is 0.336 e. The van der Waals surface area contributed by atoms with Crippen LogP contribution in [0.4, 0.5) is 23.2 Å². The Bertz CT molecular complexity index is 860. The fraction of sp³-hybridized carbons (Fsp3) is 0.312. The lowest BCUT2D eigenvalue weighted by molar-refractivity contribution is -0.143. The summed E-state index contributed by atoms with van der Waals surface area (Å²) in [5.74, 6) is -1.39. The van der Waals surface area contributed by atoms with Crippen molar-refractivity contribution < 1.29 is 22.4 Å². The molecular formula is C16H14ClF4N3O. The summed E-state index contributed by atoms with van der Waals surface area (Å²) in [6.45, 7) is 0. The molecule has 1 unspecified atom stereocenters. The van der Waals surface area contributed by atoms with E-state index in [0.29, 0.717) is 12.0 Å². The van der Waals surface area contributed by atoms with Crippen molar-refractivity contribution in [1.29, 1.82) is 0 Å². The second-order valence-corrected chi connectivity index (χ2v) is 6.28. The summed E-state index contributed by atoms with van der Waals surface area (Å²) in [6.07, 6.45) is -4.00. The first-order chi connectivity index (χ1) is 11.6. The number of hydrogen-bond donors (Lipinski definition) is 2. The number of fused-ring (bicyclic) bond motifs is 1. The first-order valence-corrected chi connectivity index (χ1v) is 7.79. The molecule has 1 amide bonds. The van der Waals surface area contributed by atoms with Crippen molar-refractivity contribution in [1.82, 2.24) is 4.57 Å². The Hall–Kier alpha value is -2.06. The predicted octanol–water partition coefficient (Wildman–Crippen LogP) is 4.03. The minimum absolute atomic E-state index is 0.0303. The summed E-state index contributed by atoms with van der Waals surface area (Å²) >= 11 is 5.65. The monoisotopic (exact) mass is 375 g/mol. The number of nitrogens with zero attached hydrogens (tertiary/aromatic N) is 1. The molecule has 25 heavy (non-hydrogen) atoms. The van der Waals surface area contributed by atoms with Gasteiger partial charge in [-0.1, -0.05) is 11.6 Å². The molecule has 1 aliphatic carbocycles. The van der Waals surface area contributed by atoms with Gasteiger partial charge >= 0.3 is 6.18 Å². The van der Waals surface area contributed by atoms with Gasteiger partial charge in [-0.15, -0.1) is 0 Å². The third kappa shape index (κ3) is 3.00. The maximum atomic E-state index is 13.4. The Morgan fingerprint density at radius 2 is 2.08 bits per heavy atom. The summed E-state index contributed by atoms with van der Waals surface area (Å²) in [4.78, 5) is 12.6. The normalized spacial score (nSPS) is 16.8. The molecule has 1 aliphatic rings. The van der Waals surface area contributed by atoms with Gasteiger partial charge in [-0.05, 0) is 36.6 Å². The van der Waals surface area contributed by atoms with Crippen LogP contribution in [0.5, 0.6) is 0 Å². The van der Waals surface area contributed by atoms with Gasteiger partial charge in [0.25, 0.3) is 5.91 Å². The maximum Gasteiger partial charge on any atom is 0.431 e. The van der Waals surface area contributed by atoms with Crippen molar-refractivity contribution >= 4 is 23.2 Å². The number of amides is 1. The number of benzene rings is 1. The number of nitrogens with one attached hydrogen (secondary N) is 1. The molecule has 9 heteroatoms. The van der Waals surface area contributed by atoms with E-state index in [1.807, 2.05) is 0 Å². The number of nitrogens with two attached hydrogens (primary N) is 1. The van der Waals surface area contributed by atoms with Crippen molar-refractivity contribution in [2.45, 2.75) is 25.1 Å². The van der Waals surface area contributed by atoms with E-state index in [0.717, 1.165) is 10.6 Å². The summed E-state index contributed by atoms with van der Waals surface area (Å²) in [5.41, 5.74) is 5.25. The van der Waals surface area contributed by atoms with Crippen LogP contribution in [0.2, 0.25) is 5.02 Å². The molecule has 4 nitrogen and oxygen atoms in total. The van der Waals surface area contributed by atoms with Gasteiger partial charge in [0.2, 0.25) is 0 Å². The molecule has 1 aromatic heterocycles. The van der Waals surface area contributed by atoms with Gasteiger partial charge in [-0.3, -0.25) is 4.79 Å². The van der Waals surface area contributed by atoms with E-state index in [2.05, 4.69) is 5.32 Å². The third-order valence-electron chi connectivity index (χ3n) is 4.27. The minimum atomic E-state index is -4.63. The molecular weight excluding hydrogens is 362 g/mol. The molecule has 134 valence electrons. The fourth-order valence-electron chi connectivity index (χ4n) is 3.26. The van der Waals surface area contributed by atoms with Crippen LogP contribution in [-0.2, 0) is 19.6 Å². The number of carbonyl (C=O) groups is 1. The van der Waals surface area contributed by atoms with E-state index < -0.39 is 29.6 Å². The zero-order chi connectivity index (χ0) is 18.5. The summed E-state index contributed by atoms with van der Waals surface area (Å²) in [7, 11) is 1.18. The number of carbonyl (C=O) groups excluding carboxylic acids is 1. The number of halogens is 5. The molecule has 0 saturated heterocycles. The Labute approximate surface area is 145 Å².